The minimum absolute atomic E-state index is 0. The van der Waals surface area contributed by atoms with Gasteiger partial charge in [0.1, 0.15) is 12.3 Å². The molecule has 1 aromatic rings. The first-order valence-corrected chi connectivity index (χ1v) is 8.72. The van der Waals surface area contributed by atoms with Crippen LogP contribution in [0.25, 0.3) is 0 Å². The largest absolute Gasteiger partial charge is 0.443 e. The maximum Gasteiger partial charge on any atom is 0.216 e. The van der Waals surface area contributed by atoms with E-state index in [1.54, 1.807) is 6.20 Å². The normalized spacial score (nSPS) is 13.6. The number of guanidine groups is 1. The molecule has 0 amide bonds. The van der Waals surface area contributed by atoms with E-state index >= 15 is 0 Å². The average molecular weight is 450 g/mol. The zero-order valence-corrected chi connectivity index (χ0v) is 18.6. The zero-order valence-electron chi connectivity index (χ0n) is 16.3. The highest BCUT2D eigenvalue weighted by atomic mass is 127. The third-order valence-electron chi connectivity index (χ3n) is 3.57. The van der Waals surface area contributed by atoms with Gasteiger partial charge >= 0.3 is 0 Å². The van der Waals surface area contributed by atoms with Crippen molar-refractivity contribution in [2.24, 2.45) is 10.9 Å². The highest BCUT2D eigenvalue weighted by molar-refractivity contribution is 14.0. The monoisotopic (exact) mass is 450 g/mol. The summed E-state index contributed by atoms with van der Waals surface area (Å²) in [6, 6.07) is 0.393. The Morgan fingerprint density at radius 1 is 1.25 bits per heavy atom. The van der Waals surface area contributed by atoms with Crippen LogP contribution in [-0.4, -0.2) is 23.5 Å². The van der Waals surface area contributed by atoms with E-state index in [4.69, 9.17) is 4.42 Å². The third kappa shape index (κ3) is 8.89. The van der Waals surface area contributed by atoms with E-state index in [2.05, 4.69) is 69.1 Å². The summed E-state index contributed by atoms with van der Waals surface area (Å²) in [6.45, 7) is 16.4. The fraction of sp³-hybridized carbons (Fsp3) is 0.778. The van der Waals surface area contributed by atoms with Crippen LogP contribution in [0.1, 0.15) is 73.0 Å². The molecule has 1 aromatic heterocycles. The number of oxazole rings is 1. The SMILES string of the molecule is CCNC(=NCc1ncc(C(C)(C)C)o1)NC(C)CCC(C)C.I. The molecule has 0 fully saturated rings. The van der Waals surface area contributed by atoms with Crippen molar-refractivity contribution in [3.8, 4) is 0 Å². The topological polar surface area (TPSA) is 62.5 Å². The molecule has 0 bridgehead atoms. The van der Waals surface area contributed by atoms with E-state index in [1.807, 2.05) is 0 Å². The van der Waals surface area contributed by atoms with E-state index in [0.717, 1.165) is 30.6 Å². The van der Waals surface area contributed by atoms with Gasteiger partial charge in [-0.1, -0.05) is 34.6 Å². The quantitative estimate of drug-likeness (QED) is 0.366. The first kappa shape index (κ1) is 23.2. The minimum atomic E-state index is -0.0247. The van der Waals surface area contributed by atoms with Crippen LogP contribution in [0.2, 0.25) is 0 Å². The number of halogens is 1. The van der Waals surface area contributed by atoms with Crippen molar-refractivity contribution < 1.29 is 4.42 Å². The molecule has 0 aromatic carbocycles. The van der Waals surface area contributed by atoms with Gasteiger partial charge in [0.25, 0.3) is 0 Å². The summed E-state index contributed by atoms with van der Waals surface area (Å²) < 4.78 is 5.79. The minimum Gasteiger partial charge on any atom is -0.443 e. The summed E-state index contributed by atoms with van der Waals surface area (Å²) in [7, 11) is 0. The predicted octanol–water partition coefficient (Wildman–Crippen LogP) is 4.47. The lowest BCUT2D eigenvalue weighted by atomic mass is 9.94. The Bertz CT molecular complexity index is 491. The first-order chi connectivity index (χ1) is 10.7. The second kappa shape index (κ2) is 10.9. The lowest BCUT2D eigenvalue weighted by molar-refractivity contribution is 0.383. The van der Waals surface area contributed by atoms with Gasteiger partial charge in [0.2, 0.25) is 5.89 Å². The molecule has 24 heavy (non-hydrogen) atoms. The van der Waals surface area contributed by atoms with Gasteiger partial charge in [-0.25, -0.2) is 9.98 Å². The average Bonchev–Trinajstić information content (AvgIpc) is 2.92. The molecule has 2 N–H and O–H groups in total. The Morgan fingerprint density at radius 3 is 2.42 bits per heavy atom. The Morgan fingerprint density at radius 2 is 1.92 bits per heavy atom. The molecule has 140 valence electrons. The van der Waals surface area contributed by atoms with Gasteiger partial charge in [-0.15, -0.1) is 24.0 Å². The number of nitrogens with one attached hydrogen (secondary N) is 2. The van der Waals surface area contributed by atoms with Crippen molar-refractivity contribution in [3.05, 3.63) is 17.8 Å². The standard InChI is InChI=1S/C18H34N4O.HI/c1-8-19-17(22-14(4)10-9-13(2)3)21-12-16-20-11-15(23-16)18(5,6)7;/h11,13-14H,8-10,12H2,1-7H3,(H2,19,21,22);1H. The highest BCUT2D eigenvalue weighted by Gasteiger charge is 2.19. The summed E-state index contributed by atoms with van der Waals surface area (Å²) in [5.41, 5.74) is -0.0247. The highest BCUT2D eigenvalue weighted by Crippen LogP contribution is 2.22. The summed E-state index contributed by atoms with van der Waals surface area (Å²) in [6.07, 6.45) is 4.15. The number of hydrogen-bond donors (Lipinski definition) is 2. The predicted molar refractivity (Wildman–Crippen MR) is 112 cm³/mol. The molecule has 1 rings (SSSR count). The number of nitrogens with zero attached hydrogens (tertiary/aromatic N) is 2. The van der Waals surface area contributed by atoms with Crippen LogP contribution in [0.15, 0.2) is 15.6 Å². The molecule has 0 aliphatic rings. The van der Waals surface area contributed by atoms with Gasteiger partial charge in [-0.05, 0) is 32.6 Å². The molecule has 6 heteroatoms. The molecule has 0 spiro atoms. The number of rotatable bonds is 7. The van der Waals surface area contributed by atoms with E-state index in [9.17, 15) is 0 Å². The summed E-state index contributed by atoms with van der Waals surface area (Å²) in [4.78, 5) is 8.91. The fourth-order valence-electron chi connectivity index (χ4n) is 2.09. The van der Waals surface area contributed by atoms with Crippen LogP contribution in [0.5, 0.6) is 0 Å². The molecule has 0 radical (unpaired) electrons. The van der Waals surface area contributed by atoms with Gasteiger partial charge in [-0.3, -0.25) is 0 Å². The lowest BCUT2D eigenvalue weighted by Crippen LogP contribution is -2.42. The summed E-state index contributed by atoms with van der Waals surface area (Å²) in [5.74, 6) is 3.09. The molecule has 5 nitrogen and oxygen atoms in total. The van der Waals surface area contributed by atoms with Crippen molar-refractivity contribution in [2.45, 2.75) is 79.3 Å². The fourth-order valence-corrected chi connectivity index (χ4v) is 2.09. The van der Waals surface area contributed by atoms with Crippen molar-refractivity contribution >= 4 is 29.9 Å². The lowest BCUT2D eigenvalue weighted by Gasteiger charge is -2.18. The second-order valence-electron chi connectivity index (χ2n) is 7.58. The van der Waals surface area contributed by atoms with Crippen LogP contribution in [0.3, 0.4) is 0 Å². The molecule has 0 saturated carbocycles. The summed E-state index contributed by atoms with van der Waals surface area (Å²) >= 11 is 0. The molecule has 0 aliphatic heterocycles. The Kier molecular flexibility index (Phi) is 10.6. The smallest absolute Gasteiger partial charge is 0.216 e. The van der Waals surface area contributed by atoms with Gasteiger partial charge in [0.05, 0.1) is 6.20 Å². The summed E-state index contributed by atoms with van der Waals surface area (Å²) in [5, 5.41) is 6.73. The van der Waals surface area contributed by atoms with E-state index in [1.165, 1.54) is 6.42 Å². The van der Waals surface area contributed by atoms with Gasteiger partial charge in [0.15, 0.2) is 5.96 Å². The van der Waals surface area contributed by atoms with E-state index < -0.39 is 0 Å². The Balaban J connectivity index is 0.00000529. The van der Waals surface area contributed by atoms with Gasteiger partial charge in [-0.2, -0.15) is 0 Å². The van der Waals surface area contributed by atoms with Crippen LogP contribution >= 0.6 is 24.0 Å². The molecule has 0 saturated heterocycles. The van der Waals surface area contributed by atoms with Crippen molar-refractivity contribution in [1.29, 1.82) is 0 Å². The van der Waals surface area contributed by atoms with Crippen LogP contribution in [0.4, 0.5) is 0 Å². The molecule has 1 atom stereocenters. The molecule has 0 aliphatic carbocycles. The third-order valence-corrected chi connectivity index (χ3v) is 3.57. The zero-order chi connectivity index (χ0) is 17.5. The van der Waals surface area contributed by atoms with Crippen LogP contribution in [-0.2, 0) is 12.0 Å². The number of aromatic nitrogens is 1. The first-order valence-electron chi connectivity index (χ1n) is 8.72. The second-order valence-corrected chi connectivity index (χ2v) is 7.58. The molecular formula is C18H35IN4O. The molecule has 1 unspecified atom stereocenters. The van der Waals surface area contributed by atoms with Crippen molar-refractivity contribution in [2.75, 3.05) is 6.54 Å². The molecular weight excluding hydrogens is 415 g/mol. The number of hydrogen-bond acceptors (Lipinski definition) is 3. The van der Waals surface area contributed by atoms with Crippen molar-refractivity contribution in [1.82, 2.24) is 15.6 Å². The maximum absolute atomic E-state index is 5.79. The maximum atomic E-state index is 5.79. The van der Waals surface area contributed by atoms with Crippen LogP contribution < -0.4 is 10.6 Å². The number of aliphatic imine (C=N–C) groups is 1. The van der Waals surface area contributed by atoms with E-state index in [0.29, 0.717) is 18.5 Å². The van der Waals surface area contributed by atoms with Crippen molar-refractivity contribution in [3.63, 3.8) is 0 Å². The Labute approximate surface area is 164 Å². The van der Waals surface area contributed by atoms with Gasteiger partial charge < -0.3 is 15.1 Å². The molecule has 1 heterocycles. The van der Waals surface area contributed by atoms with E-state index in [-0.39, 0.29) is 29.4 Å². The Hall–Kier alpha value is -0.790. The van der Waals surface area contributed by atoms with Gasteiger partial charge in [0, 0.05) is 18.0 Å². The van der Waals surface area contributed by atoms with Crippen LogP contribution in [0, 0.1) is 5.92 Å².